The van der Waals surface area contributed by atoms with E-state index in [1.54, 1.807) is 12.7 Å². The van der Waals surface area contributed by atoms with Crippen LogP contribution in [0.1, 0.15) is 13.3 Å². The summed E-state index contributed by atoms with van der Waals surface area (Å²) in [6.45, 7) is 3.80. The lowest BCUT2D eigenvalue weighted by Crippen LogP contribution is -2.67. The number of rotatable bonds is 2. The van der Waals surface area contributed by atoms with E-state index in [2.05, 4.69) is 31.8 Å². The van der Waals surface area contributed by atoms with E-state index in [9.17, 15) is 0 Å². The molecule has 6 nitrogen and oxygen atoms in total. The molecule has 0 amide bonds. The Morgan fingerprint density at radius 2 is 2.25 bits per heavy atom. The number of hydrogen-bond donors (Lipinski definition) is 2. The number of imidazole rings is 1. The van der Waals surface area contributed by atoms with Gasteiger partial charge in [0.2, 0.25) is 0 Å². The summed E-state index contributed by atoms with van der Waals surface area (Å²) in [6.07, 6.45) is 4.17. The van der Waals surface area contributed by atoms with E-state index in [0.717, 1.165) is 30.8 Å². The second kappa shape index (κ2) is 3.15. The van der Waals surface area contributed by atoms with Crippen molar-refractivity contribution in [1.82, 2.24) is 19.9 Å². The number of anilines is 1. The van der Waals surface area contributed by atoms with Crippen molar-refractivity contribution in [1.29, 1.82) is 0 Å². The molecule has 2 aromatic rings. The third kappa shape index (κ3) is 1.26. The summed E-state index contributed by atoms with van der Waals surface area (Å²) in [5, 5.41) is 0. The van der Waals surface area contributed by atoms with Crippen LogP contribution in [0, 0.1) is 0 Å². The van der Waals surface area contributed by atoms with Crippen molar-refractivity contribution < 1.29 is 0 Å². The molecule has 3 heterocycles. The van der Waals surface area contributed by atoms with Gasteiger partial charge < -0.3 is 15.6 Å². The number of fused-ring (bicyclic) bond motifs is 1. The van der Waals surface area contributed by atoms with E-state index in [-0.39, 0.29) is 5.54 Å². The van der Waals surface area contributed by atoms with Crippen LogP contribution in [0.4, 0.5) is 5.82 Å². The van der Waals surface area contributed by atoms with E-state index in [1.165, 1.54) is 0 Å². The summed E-state index contributed by atoms with van der Waals surface area (Å²) >= 11 is 0. The maximum absolute atomic E-state index is 6.14. The topological polar surface area (TPSA) is 83.7 Å². The fourth-order valence-electron chi connectivity index (χ4n) is 2.08. The van der Waals surface area contributed by atoms with E-state index < -0.39 is 0 Å². The molecule has 1 aliphatic rings. The van der Waals surface area contributed by atoms with Crippen LogP contribution < -0.4 is 10.6 Å². The van der Waals surface area contributed by atoms with Crippen molar-refractivity contribution in [2.45, 2.75) is 18.9 Å². The van der Waals surface area contributed by atoms with Crippen LogP contribution in [-0.4, -0.2) is 38.6 Å². The first-order valence-corrected chi connectivity index (χ1v) is 5.40. The predicted octanol–water partition coefficient (Wildman–Crippen LogP) is 0.280. The molecule has 3 N–H and O–H groups in total. The third-order valence-corrected chi connectivity index (χ3v) is 3.22. The van der Waals surface area contributed by atoms with Gasteiger partial charge in [0.1, 0.15) is 11.8 Å². The van der Waals surface area contributed by atoms with Gasteiger partial charge in [0.25, 0.3) is 0 Å². The van der Waals surface area contributed by atoms with Crippen LogP contribution in [-0.2, 0) is 0 Å². The molecule has 1 fully saturated rings. The molecule has 0 spiro atoms. The first-order valence-electron chi connectivity index (χ1n) is 5.40. The maximum atomic E-state index is 6.14. The van der Waals surface area contributed by atoms with Gasteiger partial charge in [0.15, 0.2) is 11.5 Å². The zero-order valence-electron chi connectivity index (χ0n) is 9.14. The van der Waals surface area contributed by atoms with Crippen LogP contribution in [0.15, 0.2) is 12.7 Å². The SMILES string of the molecule is CCC1(N)CN(c2ncnc3nc[nH]c23)C1. The van der Waals surface area contributed by atoms with E-state index in [1.807, 2.05) is 0 Å². The van der Waals surface area contributed by atoms with Gasteiger partial charge in [0.05, 0.1) is 11.9 Å². The minimum atomic E-state index is -0.0582. The highest BCUT2D eigenvalue weighted by molar-refractivity contribution is 5.83. The van der Waals surface area contributed by atoms with E-state index in [4.69, 9.17) is 5.73 Å². The fourth-order valence-corrected chi connectivity index (χ4v) is 2.08. The van der Waals surface area contributed by atoms with Crippen molar-refractivity contribution in [2.24, 2.45) is 5.73 Å². The molecule has 1 aliphatic heterocycles. The molecular weight excluding hydrogens is 204 g/mol. The summed E-state index contributed by atoms with van der Waals surface area (Å²) in [6, 6.07) is 0. The van der Waals surface area contributed by atoms with Gasteiger partial charge in [0, 0.05) is 13.1 Å². The van der Waals surface area contributed by atoms with E-state index >= 15 is 0 Å². The lowest BCUT2D eigenvalue weighted by Gasteiger charge is -2.48. The monoisotopic (exact) mass is 218 g/mol. The number of nitrogens with zero attached hydrogens (tertiary/aromatic N) is 4. The molecule has 0 radical (unpaired) electrons. The molecule has 0 bridgehead atoms. The number of aromatic amines is 1. The quantitative estimate of drug-likeness (QED) is 0.756. The Morgan fingerprint density at radius 1 is 1.44 bits per heavy atom. The van der Waals surface area contributed by atoms with Crippen LogP contribution in [0.25, 0.3) is 11.2 Å². The van der Waals surface area contributed by atoms with Crippen molar-refractivity contribution in [3.05, 3.63) is 12.7 Å². The smallest absolute Gasteiger partial charge is 0.182 e. The molecule has 84 valence electrons. The number of nitrogens with two attached hydrogens (primary N) is 1. The molecule has 16 heavy (non-hydrogen) atoms. The molecule has 0 saturated carbocycles. The number of hydrogen-bond acceptors (Lipinski definition) is 5. The lowest BCUT2D eigenvalue weighted by atomic mass is 9.88. The minimum Gasteiger partial charge on any atom is -0.351 e. The Balaban J connectivity index is 1.94. The van der Waals surface area contributed by atoms with Crippen LogP contribution in [0.5, 0.6) is 0 Å². The normalized spacial score (nSPS) is 18.8. The summed E-state index contributed by atoms with van der Waals surface area (Å²) in [5.41, 5.74) is 7.67. The van der Waals surface area contributed by atoms with Gasteiger partial charge >= 0.3 is 0 Å². The van der Waals surface area contributed by atoms with Gasteiger partial charge in [-0.3, -0.25) is 0 Å². The molecular formula is C10H14N6. The van der Waals surface area contributed by atoms with Crippen LogP contribution in [0.2, 0.25) is 0 Å². The van der Waals surface area contributed by atoms with Crippen LogP contribution in [0.3, 0.4) is 0 Å². The Bertz CT molecular complexity index is 513. The Morgan fingerprint density at radius 3 is 3.00 bits per heavy atom. The predicted molar refractivity (Wildman–Crippen MR) is 61.1 cm³/mol. The van der Waals surface area contributed by atoms with Gasteiger partial charge in [-0.15, -0.1) is 0 Å². The minimum absolute atomic E-state index is 0.0582. The molecule has 0 aromatic carbocycles. The van der Waals surface area contributed by atoms with E-state index in [0.29, 0.717) is 5.65 Å². The van der Waals surface area contributed by atoms with Gasteiger partial charge in [-0.05, 0) is 6.42 Å². The van der Waals surface area contributed by atoms with Gasteiger partial charge in [-0.2, -0.15) is 0 Å². The average molecular weight is 218 g/mol. The summed E-state index contributed by atoms with van der Waals surface area (Å²) in [4.78, 5) is 17.7. The average Bonchev–Trinajstić information content (AvgIpc) is 2.72. The van der Waals surface area contributed by atoms with Crippen molar-refractivity contribution in [3.8, 4) is 0 Å². The molecule has 1 saturated heterocycles. The second-order valence-electron chi connectivity index (χ2n) is 4.37. The number of nitrogens with one attached hydrogen (secondary N) is 1. The highest BCUT2D eigenvalue weighted by Gasteiger charge is 2.39. The Hall–Kier alpha value is -1.69. The van der Waals surface area contributed by atoms with Gasteiger partial charge in [-0.25, -0.2) is 15.0 Å². The summed E-state index contributed by atoms with van der Waals surface area (Å²) in [7, 11) is 0. The second-order valence-corrected chi connectivity index (χ2v) is 4.37. The van der Waals surface area contributed by atoms with Gasteiger partial charge in [-0.1, -0.05) is 6.92 Å². The zero-order valence-corrected chi connectivity index (χ0v) is 9.14. The standard InChI is InChI=1S/C10H14N6/c1-2-10(11)3-16(4-10)9-7-8(13-5-12-7)14-6-15-9/h5-6H,2-4,11H2,1H3,(H,12,13,14,15). The highest BCUT2D eigenvalue weighted by atomic mass is 15.3. The molecule has 0 unspecified atom stereocenters. The van der Waals surface area contributed by atoms with Crippen molar-refractivity contribution in [3.63, 3.8) is 0 Å². The molecule has 0 aliphatic carbocycles. The first kappa shape index (κ1) is 9.53. The molecule has 3 rings (SSSR count). The summed E-state index contributed by atoms with van der Waals surface area (Å²) in [5.74, 6) is 0.900. The molecule has 6 heteroatoms. The Labute approximate surface area is 92.9 Å². The highest BCUT2D eigenvalue weighted by Crippen LogP contribution is 2.29. The molecule has 2 aromatic heterocycles. The largest absolute Gasteiger partial charge is 0.351 e. The molecule has 0 atom stereocenters. The zero-order chi connectivity index (χ0) is 11.2. The van der Waals surface area contributed by atoms with Crippen molar-refractivity contribution >= 4 is 17.0 Å². The third-order valence-electron chi connectivity index (χ3n) is 3.22. The maximum Gasteiger partial charge on any atom is 0.182 e. The number of H-pyrrole nitrogens is 1. The lowest BCUT2D eigenvalue weighted by molar-refractivity contribution is 0.320. The fraction of sp³-hybridized carbons (Fsp3) is 0.500. The Kier molecular flexibility index (Phi) is 1.88. The van der Waals surface area contributed by atoms with Crippen molar-refractivity contribution in [2.75, 3.05) is 18.0 Å². The number of aromatic nitrogens is 4. The van der Waals surface area contributed by atoms with Crippen LogP contribution >= 0.6 is 0 Å². The summed E-state index contributed by atoms with van der Waals surface area (Å²) < 4.78 is 0. The first-order chi connectivity index (χ1) is 7.72.